The van der Waals surface area contributed by atoms with Crippen LogP contribution in [-0.4, -0.2) is 23.1 Å². The van der Waals surface area contributed by atoms with Gasteiger partial charge in [-0.25, -0.2) is 4.98 Å². The van der Waals surface area contributed by atoms with Gasteiger partial charge in [-0.15, -0.1) is 0 Å². The zero-order valence-electron chi connectivity index (χ0n) is 9.57. The Bertz CT molecular complexity index is 350. The molecule has 5 nitrogen and oxygen atoms in total. The second kappa shape index (κ2) is 5.01. The minimum Gasteiger partial charge on any atom is -0.473 e. The number of nitrogen functional groups attached to an aromatic ring is 1. The largest absolute Gasteiger partial charge is 0.473 e. The Labute approximate surface area is 95.4 Å². The lowest BCUT2D eigenvalue weighted by molar-refractivity contribution is 0.149. The van der Waals surface area contributed by atoms with Gasteiger partial charge in [-0.05, 0) is 25.7 Å². The highest BCUT2D eigenvalue weighted by Crippen LogP contribution is 2.28. The molecule has 2 rings (SSSR count). The summed E-state index contributed by atoms with van der Waals surface area (Å²) in [6, 6.07) is 0. The van der Waals surface area contributed by atoms with Crippen LogP contribution in [0.3, 0.4) is 0 Å². The average Bonchev–Trinajstić information content (AvgIpc) is 2.33. The van der Waals surface area contributed by atoms with Crippen molar-refractivity contribution in [1.82, 2.24) is 9.97 Å². The summed E-state index contributed by atoms with van der Waals surface area (Å²) < 4.78 is 5.81. The van der Waals surface area contributed by atoms with E-state index in [4.69, 9.17) is 10.5 Å². The molecule has 1 aliphatic carbocycles. The van der Waals surface area contributed by atoms with Gasteiger partial charge in [-0.3, -0.25) is 0 Å². The third-order valence-electron chi connectivity index (χ3n) is 2.91. The van der Waals surface area contributed by atoms with Gasteiger partial charge in [0.1, 0.15) is 18.1 Å². The van der Waals surface area contributed by atoms with Crippen LogP contribution in [0.4, 0.5) is 11.5 Å². The van der Waals surface area contributed by atoms with Gasteiger partial charge < -0.3 is 15.8 Å². The standard InChI is InChI=1S/C11H18N4O/c1-13-10-9(12)11(15-7-14-10)16-8-5-3-2-4-6-8/h7-8H,2-6,12H2,1H3,(H,13,14,15). The Balaban J connectivity index is 2.08. The highest BCUT2D eigenvalue weighted by molar-refractivity contribution is 5.66. The number of nitrogens with two attached hydrogens (primary N) is 1. The van der Waals surface area contributed by atoms with E-state index in [1.54, 1.807) is 7.05 Å². The fourth-order valence-corrected chi connectivity index (χ4v) is 2.01. The number of hydrogen-bond donors (Lipinski definition) is 2. The quantitative estimate of drug-likeness (QED) is 0.816. The van der Waals surface area contributed by atoms with Gasteiger partial charge in [-0.2, -0.15) is 4.98 Å². The van der Waals surface area contributed by atoms with E-state index in [0.717, 1.165) is 12.8 Å². The number of rotatable bonds is 3. The van der Waals surface area contributed by atoms with Gasteiger partial charge in [0.25, 0.3) is 0 Å². The van der Waals surface area contributed by atoms with E-state index in [-0.39, 0.29) is 6.10 Å². The summed E-state index contributed by atoms with van der Waals surface area (Å²) >= 11 is 0. The normalized spacial score (nSPS) is 17.1. The van der Waals surface area contributed by atoms with Gasteiger partial charge in [0, 0.05) is 7.05 Å². The molecule has 0 amide bonds. The summed E-state index contributed by atoms with van der Waals surface area (Å²) in [4.78, 5) is 8.11. The SMILES string of the molecule is CNc1ncnc(OC2CCCCC2)c1N. The molecular formula is C11H18N4O. The summed E-state index contributed by atoms with van der Waals surface area (Å²) in [6.07, 6.45) is 7.69. The van der Waals surface area contributed by atoms with Crippen molar-refractivity contribution in [1.29, 1.82) is 0 Å². The lowest BCUT2D eigenvalue weighted by atomic mass is 9.98. The van der Waals surface area contributed by atoms with E-state index < -0.39 is 0 Å². The zero-order chi connectivity index (χ0) is 11.4. The van der Waals surface area contributed by atoms with E-state index in [1.165, 1.54) is 25.6 Å². The predicted molar refractivity (Wildman–Crippen MR) is 63.5 cm³/mol. The molecular weight excluding hydrogens is 204 g/mol. The van der Waals surface area contributed by atoms with Gasteiger partial charge >= 0.3 is 0 Å². The van der Waals surface area contributed by atoms with E-state index >= 15 is 0 Å². The first-order chi connectivity index (χ1) is 7.81. The fourth-order valence-electron chi connectivity index (χ4n) is 2.01. The number of anilines is 2. The molecule has 1 heterocycles. The highest BCUT2D eigenvalue weighted by Gasteiger charge is 2.17. The molecule has 3 N–H and O–H groups in total. The Kier molecular flexibility index (Phi) is 3.44. The molecule has 1 fully saturated rings. The minimum absolute atomic E-state index is 0.260. The van der Waals surface area contributed by atoms with Crippen molar-refractivity contribution in [2.75, 3.05) is 18.1 Å². The molecule has 88 valence electrons. The van der Waals surface area contributed by atoms with Crippen molar-refractivity contribution in [2.45, 2.75) is 38.2 Å². The topological polar surface area (TPSA) is 73.1 Å². The van der Waals surface area contributed by atoms with Crippen LogP contribution in [0, 0.1) is 0 Å². The lowest BCUT2D eigenvalue weighted by Crippen LogP contribution is -2.21. The van der Waals surface area contributed by atoms with Crippen LogP contribution in [0.15, 0.2) is 6.33 Å². The molecule has 0 aliphatic heterocycles. The maximum atomic E-state index is 5.90. The molecule has 1 aliphatic rings. The first-order valence-electron chi connectivity index (χ1n) is 5.76. The Morgan fingerprint density at radius 2 is 2.06 bits per heavy atom. The predicted octanol–water partition coefficient (Wildman–Crippen LogP) is 1.81. The molecule has 0 aromatic carbocycles. The van der Waals surface area contributed by atoms with Gasteiger partial charge in [-0.1, -0.05) is 6.42 Å². The maximum absolute atomic E-state index is 5.90. The fraction of sp³-hybridized carbons (Fsp3) is 0.636. The molecule has 5 heteroatoms. The van der Waals surface area contributed by atoms with Crippen LogP contribution in [0.2, 0.25) is 0 Å². The Morgan fingerprint density at radius 1 is 1.31 bits per heavy atom. The smallest absolute Gasteiger partial charge is 0.242 e. The molecule has 0 spiro atoms. The summed E-state index contributed by atoms with van der Waals surface area (Å²) in [5.74, 6) is 1.13. The molecule has 16 heavy (non-hydrogen) atoms. The van der Waals surface area contributed by atoms with E-state index in [9.17, 15) is 0 Å². The molecule has 0 unspecified atom stereocenters. The van der Waals surface area contributed by atoms with Crippen molar-refractivity contribution >= 4 is 11.5 Å². The van der Waals surface area contributed by atoms with Crippen molar-refractivity contribution in [3.8, 4) is 5.88 Å². The number of nitrogens with one attached hydrogen (secondary N) is 1. The number of hydrogen-bond acceptors (Lipinski definition) is 5. The van der Waals surface area contributed by atoms with Crippen molar-refractivity contribution < 1.29 is 4.74 Å². The van der Waals surface area contributed by atoms with Crippen LogP contribution >= 0.6 is 0 Å². The van der Waals surface area contributed by atoms with Crippen LogP contribution in [-0.2, 0) is 0 Å². The number of ether oxygens (including phenoxy) is 1. The zero-order valence-corrected chi connectivity index (χ0v) is 9.57. The van der Waals surface area contributed by atoms with E-state index in [0.29, 0.717) is 17.4 Å². The maximum Gasteiger partial charge on any atom is 0.242 e. The van der Waals surface area contributed by atoms with Crippen LogP contribution < -0.4 is 15.8 Å². The molecule has 0 radical (unpaired) electrons. The van der Waals surface area contributed by atoms with E-state index in [2.05, 4.69) is 15.3 Å². The number of aromatic nitrogens is 2. The minimum atomic E-state index is 0.260. The highest BCUT2D eigenvalue weighted by atomic mass is 16.5. The monoisotopic (exact) mass is 222 g/mol. The molecule has 1 aromatic rings. The average molecular weight is 222 g/mol. The summed E-state index contributed by atoms with van der Waals surface area (Å²) in [6.45, 7) is 0. The first kappa shape index (κ1) is 11.0. The molecule has 0 bridgehead atoms. The Hall–Kier alpha value is -1.52. The first-order valence-corrected chi connectivity index (χ1v) is 5.76. The van der Waals surface area contributed by atoms with Gasteiger partial charge in [0.2, 0.25) is 5.88 Å². The summed E-state index contributed by atoms with van der Waals surface area (Å²) in [5, 5.41) is 2.92. The summed E-state index contributed by atoms with van der Waals surface area (Å²) in [5.41, 5.74) is 6.39. The second-order valence-electron chi connectivity index (χ2n) is 4.07. The van der Waals surface area contributed by atoms with Crippen molar-refractivity contribution in [2.24, 2.45) is 0 Å². The van der Waals surface area contributed by atoms with E-state index in [1.807, 2.05) is 0 Å². The molecule has 1 aromatic heterocycles. The molecule has 0 saturated heterocycles. The van der Waals surface area contributed by atoms with Gasteiger partial charge in [0.15, 0.2) is 5.82 Å². The third-order valence-corrected chi connectivity index (χ3v) is 2.91. The second-order valence-corrected chi connectivity index (χ2v) is 4.07. The molecule has 0 atom stereocenters. The van der Waals surface area contributed by atoms with Crippen molar-refractivity contribution in [3.63, 3.8) is 0 Å². The van der Waals surface area contributed by atoms with Crippen LogP contribution in [0.25, 0.3) is 0 Å². The Morgan fingerprint density at radius 3 is 2.75 bits per heavy atom. The van der Waals surface area contributed by atoms with Crippen molar-refractivity contribution in [3.05, 3.63) is 6.33 Å². The third kappa shape index (κ3) is 2.35. The lowest BCUT2D eigenvalue weighted by Gasteiger charge is -2.23. The number of nitrogens with zero attached hydrogens (tertiary/aromatic N) is 2. The molecule has 1 saturated carbocycles. The van der Waals surface area contributed by atoms with Crippen LogP contribution in [0.5, 0.6) is 5.88 Å². The van der Waals surface area contributed by atoms with Gasteiger partial charge in [0.05, 0.1) is 0 Å². The summed E-state index contributed by atoms with van der Waals surface area (Å²) in [7, 11) is 1.78. The van der Waals surface area contributed by atoms with Crippen LogP contribution in [0.1, 0.15) is 32.1 Å².